The van der Waals surface area contributed by atoms with Gasteiger partial charge in [-0.2, -0.15) is 0 Å². The average molecular weight is 623 g/mol. The first kappa shape index (κ1) is 30.7. The van der Waals surface area contributed by atoms with E-state index in [4.69, 9.17) is 9.97 Å². The molecule has 47 heavy (non-hydrogen) atoms. The Morgan fingerprint density at radius 2 is 1.70 bits per heavy atom. The van der Waals surface area contributed by atoms with Crippen molar-refractivity contribution in [3.05, 3.63) is 132 Å². The number of Topliss-reactive ketones (excluding diaryl/α,β-unsaturated/α-hetero) is 1. The Morgan fingerprint density at radius 3 is 2.47 bits per heavy atom. The molecule has 1 fully saturated rings. The van der Waals surface area contributed by atoms with E-state index in [9.17, 15) is 4.79 Å². The third-order valence-electron chi connectivity index (χ3n) is 10.3. The molecule has 5 aromatic rings. The van der Waals surface area contributed by atoms with Gasteiger partial charge in [-0.25, -0.2) is 14.4 Å². The number of ketones is 1. The fourth-order valence-corrected chi connectivity index (χ4v) is 8.39. The molecular formula is C41H39FN4O. The second kappa shape index (κ2) is 11.7. The summed E-state index contributed by atoms with van der Waals surface area (Å²) in [6.07, 6.45) is 6.29. The summed E-state index contributed by atoms with van der Waals surface area (Å²) in [6, 6.07) is 26.8. The summed E-state index contributed by atoms with van der Waals surface area (Å²) in [6.45, 7) is 10.6. The molecule has 0 unspecified atom stereocenters. The zero-order chi connectivity index (χ0) is 32.9. The van der Waals surface area contributed by atoms with Crippen LogP contribution in [0.5, 0.6) is 0 Å². The molecule has 7 rings (SSSR count). The van der Waals surface area contributed by atoms with Gasteiger partial charge in [0.25, 0.3) is 0 Å². The Morgan fingerprint density at radius 1 is 0.979 bits per heavy atom. The molecule has 2 aliphatic carbocycles. The van der Waals surface area contributed by atoms with Gasteiger partial charge >= 0.3 is 0 Å². The summed E-state index contributed by atoms with van der Waals surface area (Å²) >= 11 is 0. The maximum Gasteiger partial charge on any atom is 0.166 e. The van der Waals surface area contributed by atoms with E-state index in [1.807, 2.05) is 91.8 Å². The lowest BCUT2D eigenvalue weighted by molar-refractivity contribution is -0.133. The number of pyridine rings is 1. The van der Waals surface area contributed by atoms with Crippen LogP contribution in [0.1, 0.15) is 51.3 Å². The third kappa shape index (κ3) is 5.16. The molecule has 0 amide bonds. The average Bonchev–Trinajstić information content (AvgIpc) is 3.07. The highest BCUT2D eigenvalue weighted by molar-refractivity contribution is 6.02. The standard InChI is InChI=1S/C41H39FN4O/c1-26(2)23-41(4)35-20-19-32-36(31-16-9-11-17-33(31)42)44-39(30-21-22-43-34-18-12-10-15-29(30)34)45-37(32)40(35,3)24-27(38(41)47)25-46(5)28-13-7-6-8-14-28/h6-18,21-22,25,35H,1,19-20,23-24H2,2-5H3/b27-25-/t35-,40+,41+/m0/s1. The summed E-state index contributed by atoms with van der Waals surface area (Å²) in [7, 11) is 1.99. The first-order chi connectivity index (χ1) is 22.6. The number of benzene rings is 3. The van der Waals surface area contributed by atoms with Crippen molar-refractivity contribution in [3.8, 4) is 22.6 Å². The van der Waals surface area contributed by atoms with Crippen molar-refractivity contribution in [2.75, 3.05) is 11.9 Å². The molecule has 0 radical (unpaired) electrons. The number of carbonyl (C=O) groups is 1. The fraction of sp³-hybridized carbons (Fsp3) is 0.268. The second-order valence-electron chi connectivity index (χ2n) is 13.7. The number of aromatic nitrogens is 3. The van der Waals surface area contributed by atoms with Crippen LogP contribution < -0.4 is 4.90 Å². The Hall–Kier alpha value is -4.97. The summed E-state index contributed by atoms with van der Waals surface area (Å²) in [5, 5.41) is 0.933. The van der Waals surface area contributed by atoms with Crippen molar-refractivity contribution < 1.29 is 9.18 Å². The Balaban J connectivity index is 1.49. The van der Waals surface area contributed by atoms with Crippen LogP contribution in [-0.4, -0.2) is 27.8 Å². The lowest BCUT2D eigenvalue weighted by Crippen LogP contribution is -2.55. The SMILES string of the molecule is C=C(C)C[C@@]1(C)C(=O)/C(=C\N(C)c2ccccc2)C[C@@]2(C)c3nc(-c4ccnc5ccccc45)nc(-c4ccccc4F)c3CC[C@H]12. The minimum absolute atomic E-state index is 0.00344. The van der Waals surface area contributed by atoms with Crippen LogP contribution in [0.15, 0.2) is 115 Å². The molecule has 2 aliphatic rings. The van der Waals surface area contributed by atoms with E-state index < -0.39 is 10.8 Å². The molecular weight excluding hydrogens is 583 g/mol. The van der Waals surface area contributed by atoms with Gasteiger partial charge in [-0.15, -0.1) is 6.58 Å². The van der Waals surface area contributed by atoms with Gasteiger partial charge in [0.1, 0.15) is 5.82 Å². The lowest BCUT2D eigenvalue weighted by Gasteiger charge is -2.54. The zero-order valence-corrected chi connectivity index (χ0v) is 27.4. The quantitative estimate of drug-likeness (QED) is 0.140. The van der Waals surface area contributed by atoms with E-state index >= 15 is 4.39 Å². The van der Waals surface area contributed by atoms with Crippen LogP contribution in [0.4, 0.5) is 10.1 Å². The number of anilines is 1. The number of hydrogen-bond acceptors (Lipinski definition) is 5. The molecule has 0 aliphatic heterocycles. The van der Waals surface area contributed by atoms with Crippen molar-refractivity contribution in [2.45, 2.75) is 51.9 Å². The minimum atomic E-state index is -0.688. The highest BCUT2D eigenvalue weighted by Crippen LogP contribution is 2.59. The Kier molecular flexibility index (Phi) is 7.62. The summed E-state index contributed by atoms with van der Waals surface area (Å²) in [4.78, 5) is 31.7. The number of carbonyl (C=O) groups excluding carboxylic acids is 1. The number of allylic oxidation sites excluding steroid dienone is 2. The molecule has 3 atom stereocenters. The van der Waals surface area contributed by atoms with Crippen molar-refractivity contribution in [2.24, 2.45) is 11.3 Å². The van der Waals surface area contributed by atoms with E-state index in [-0.39, 0.29) is 17.5 Å². The van der Waals surface area contributed by atoms with E-state index in [0.717, 1.165) is 51.0 Å². The molecule has 6 heteroatoms. The molecule has 0 N–H and O–H groups in total. The normalized spacial score (nSPS) is 23.0. The number of fused-ring (bicyclic) bond motifs is 4. The van der Waals surface area contributed by atoms with E-state index in [0.29, 0.717) is 36.3 Å². The first-order valence-corrected chi connectivity index (χ1v) is 16.3. The summed E-state index contributed by atoms with van der Waals surface area (Å²) in [5.41, 5.74) is 6.14. The molecule has 0 saturated heterocycles. The second-order valence-corrected chi connectivity index (χ2v) is 13.7. The number of para-hydroxylation sites is 2. The van der Waals surface area contributed by atoms with Crippen LogP contribution >= 0.6 is 0 Å². The van der Waals surface area contributed by atoms with Gasteiger partial charge in [-0.05, 0) is 74.9 Å². The molecule has 3 aromatic carbocycles. The molecule has 5 nitrogen and oxygen atoms in total. The molecule has 2 aromatic heterocycles. The number of halogens is 1. The molecule has 0 bridgehead atoms. The smallest absolute Gasteiger partial charge is 0.166 e. The van der Waals surface area contributed by atoms with E-state index in [1.165, 1.54) is 6.07 Å². The van der Waals surface area contributed by atoms with Gasteiger partial charge in [0, 0.05) is 63.6 Å². The number of rotatable bonds is 6. The van der Waals surface area contributed by atoms with Crippen molar-refractivity contribution in [1.82, 2.24) is 15.0 Å². The van der Waals surface area contributed by atoms with Gasteiger partial charge in [-0.3, -0.25) is 9.78 Å². The lowest BCUT2D eigenvalue weighted by atomic mass is 9.48. The topological polar surface area (TPSA) is 59.0 Å². The molecule has 236 valence electrons. The van der Waals surface area contributed by atoms with Gasteiger partial charge in [-0.1, -0.05) is 68.0 Å². The van der Waals surface area contributed by atoms with Crippen molar-refractivity contribution in [3.63, 3.8) is 0 Å². The van der Waals surface area contributed by atoms with Gasteiger partial charge in [0.05, 0.1) is 16.9 Å². The summed E-state index contributed by atoms with van der Waals surface area (Å²) < 4.78 is 15.6. The Labute approximate surface area is 275 Å². The molecule has 2 heterocycles. The third-order valence-corrected chi connectivity index (χ3v) is 10.3. The molecule has 0 spiro atoms. The van der Waals surface area contributed by atoms with Gasteiger partial charge in [0.15, 0.2) is 11.6 Å². The minimum Gasteiger partial charge on any atom is -0.351 e. The van der Waals surface area contributed by atoms with E-state index in [1.54, 1.807) is 18.3 Å². The predicted octanol–water partition coefficient (Wildman–Crippen LogP) is 9.28. The van der Waals surface area contributed by atoms with Crippen molar-refractivity contribution in [1.29, 1.82) is 0 Å². The van der Waals surface area contributed by atoms with Gasteiger partial charge in [0.2, 0.25) is 0 Å². The van der Waals surface area contributed by atoms with Gasteiger partial charge < -0.3 is 4.90 Å². The highest BCUT2D eigenvalue weighted by Gasteiger charge is 2.58. The van der Waals surface area contributed by atoms with Crippen LogP contribution in [-0.2, 0) is 16.6 Å². The first-order valence-electron chi connectivity index (χ1n) is 16.3. The van der Waals surface area contributed by atoms with E-state index in [2.05, 4.69) is 25.4 Å². The predicted molar refractivity (Wildman–Crippen MR) is 187 cm³/mol. The number of hydrogen-bond donors (Lipinski definition) is 0. The number of nitrogens with zero attached hydrogens (tertiary/aromatic N) is 4. The Bertz CT molecular complexity index is 2070. The maximum absolute atomic E-state index is 15.6. The summed E-state index contributed by atoms with van der Waals surface area (Å²) in [5.74, 6) is 0.379. The zero-order valence-electron chi connectivity index (χ0n) is 27.4. The van der Waals surface area contributed by atoms with Crippen molar-refractivity contribution >= 4 is 22.4 Å². The maximum atomic E-state index is 15.6. The van der Waals surface area contributed by atoms with Crippen LogP contribution in [0.2, 0.25) is 0 Å². The van der Waals surface area contributed by atoms with Crippen LogP contribution in [0.25, 0.3) is 33.5 Å². The largest absolute Gasteiger partial charge is 0.351 e. The molecule has 1 saturated carbocycles. The monoisotopic (exact) mass is 622 g/mol. The van der Waals surface area contributed by atoms with Crippen LogP contribution in [0.3, 0.4) is 0 Å². The fourth-order valence-electron chi connectivity index (χ4n) is 8.39. The highest BCUT2D eigenvalue weighted by atomic mass is 19.1. The van der Waals surface area contributed by atoms with Crippen LogP contribution in [0, 0.1) is 17.2 Å².